The van der Waals surface area contributed by atoms with Crippen LogP contribution >= 0.6 is 11.6 Å². The van der Waals surface area contributed by atoms with E-state index in [2.05, 4.69) is 18.7 Å². The van der Waals surface area contributed by atoms with Gasteiger partial charge in [-0.1, -0.05) is 20.8 Å². The molecular formula is C9H18ClNO2. The Balaban J connectivity index is 3.90. The predicted molar refractivity (Wildman–Crippen MR) is 54.2 cm³/mol. The molecule has 0 aliphatic heterocycles. The van der Waals surface area contributed by atoms with Gasteiger partial charge in [0.15, 0.2) is 0 Å². The normalized spacial score (nSPS) is 13.7. The Hall–Kier alpha value is -0.280. The average molecular weight is 208 g/mol. The van der Waals surface area contributed by atoms with Gasteiger partial charge in [-0.05, 0) is 12.5 Å². The van der Waals surface area contributed by atoms with E-state index in [-0.39, 0.29) is 0 Å². The molecule has 0 amide bonds. The van der Waals surface area contributed by atoms with Gasteiger partial charge in [-0.15, -0.1) is 11.6 Å². The molecule has 0 radical (unpaired) electrons. The number of hydrogen-bond acceptors (Lipinski definition) is 2. The van der Waals surface area contributed by atoms with Crippen molar-refractivity contribution < 1.29 is 9.90 Å². The van der Waals surface area contributed by atoms with E-state index >= 15 is 0 Å². The largest absolute Gasteiger partial charge is 0.480 e. The number of alkyl halides is 1. The third-order valence-corrected chi connectivity index (χ3v) is 2.08. The zero-order chi connectivity index (χ0) is 10.4. The van der Waals surface area contributed by atoms with E-state index in [1.165, 1.54) is 0 Å². The van der Waals surface area contributed by atoms with Gasteiger partial charge in [-0.25, -0.2) is 0 Å². The summed E-state index contributed by atoms with van der Waals surface area (Å²) in [7, 11) is 0. The lowest BCUT2D eigenvalue weighted by Crippen LogP contribution is -2.36. The maximum absolute atomic E-state index is 10.5. The minimum atomic E-state index is -0.941. The van der Waals surface area contributed by atoms with Crippen molar-refractivity contribution in [3.05, 3.63) is 0 Å². The first-order chi connectivity index (χ1) is 5.97. The number of halogens is 1. The SMILES string of the molecule is CCN(CC(C)C)CC(Cl)C(=O)O. The van der Waals surface area contributed by atoms with Crippen molar-refractivity contribution >= 4 is 17.6 Å². The van der Waals surface area contributed by atoms with Crippen LogP contribution in [0.3, 0.4) is 0 Å². The fourth-order valence-electron chi connectivity index (χ4n) is 1.15. The van der Waals surface area contributed by atoms with E-state index in [9.17, 15) is 4.79 Å². The molecule has 1 unspecified atom stereocenters. The maximum Gasteiger partial charge on any atom is 0.322 e. The zero-order valence-electron chi connectivity index (χ0n) is 8.46. The number of nitrogens with zero attached hydrogens (tertiary/aromatic N) is 1. The van der Waals surface area contributed by atoms with Crippen LogP contribution in [-0.2, 0) is 4.79 Å². The Morgan fingerprint density at radius 2 is 2.00 bits per heavy atom. The molecule has 0 rings (SSSR count). The number of carboxylic acids is 1. The minimum Gasteiger partial charge on any atom is -0.480 e. The van der Waals surface area contributed by atoms with Crippen molar-refractivity contribution in [2.45, 2.75) is 26.1 Å². The lowest BCUT2D eigenvalue weighted by atomic mass is 10.2. The van der Waals surface area contributed by atoms with Crippen LogP contribution in [0.2, 0.25) is 0 Å². The highest BCUT2D eigenvalue weighted by molar-refractivity contribution is 6.29. The van der Waals surface area contributed by atoms with Gasteiger partial charge in [-0.3, -0.25) is 4.79 Å². The van der Waals surface area contributed by atoms with Crippen LogP contribution in [0.25, 0.3) is 0 Å². The molecule has 4 heteroatoms. The lowest BCUT2D eigenvalue weighted by Gasteiger charge is -2.23. The Bertz CT molecular complexity index is 162. The highest BCUT2D eigenvalue weighted by Crippen LogP contribution is 2.03. The fraction of sp³-hybridized carbons (Fsp3) is 0.889. The van der Waals surface area contributed by atoms with Gasteiger partial charge in [0.1, 0.15) is 5.38 Å². The number of carbonyl (C=O) groups is 1. The van der Waals surface area contributed by atoms with Crippen molar-refractivity contribution in [1.82, 2.24) is 4.90 Å². The molecule has 0 aromatic rings. The molecule has 78 valence electrons. The molecule has 0 fully saturated rings. The monoisotopic (exact) mass is 207 g/mol. The molecule has 0 aromatic carbocycles. The molecule has 0 bridgehead atoms. The van der Waals surface area contributed by atoms with Crippen LogP contribution in [0.1, 0.15) is 20.8 Å². The molecule has 3 nitrogen and oxygen atoms in total. The number of rotatable bonds is 6. The van der Waals surface area contributed by atoms with E-state index in [4.69, 9.17) is 16.7 Å². The molecule has 0 spiro atoms. The quantitative estimate of drug-likeness (QED) is 0.674. The average Bonchev–Trinajstić information content (AvgIpc) is 2.02. The van der Waals surface area contributed by atoms with E-state index in [1.54, 1.807) is 0 Å². The van der Waals surface area contributed by atoms with Crippen molar-refractivity contribution in [3.8, 4) is 0 Å². The molecule has 0 saturated carbocycles. The number of carboxylic acid groups (broad SMARTS) is 1. The summed E-state index contributed by atoms with van der Waals surface area (Å²) in [5.41, 5.74) is 0. The minimum absolute atomic E-state index is 0.422. The summed E-state index contributed by atoms with van der Waals surface area (Å²) in [6.07, 6.45) is 0. The van der Waals surface area contributed by atoms with Crippen LogP contribution in [0.5, 0.6) is 0 Å². The maximum atomic E-state index is 10.5. The van der Waals surface area contributed by atoms with Crippen molar-refractivity contribution in [2.75, 3.05) is 19.6 Å². The standard InChI is InChI=1S/C9H18ClNO2/c1-4-11(5-7(2)3)6-8(10)9(12)13/h7-8H,4-6H2,1-3H3,(H,12,13). The van der Waals surface area contributed by atoms with E-state index in [0.717, 1.165) is 13.1 Å². The van der Waals surface area contributed by atoms with Gasteiger partial charge in [0.2, 0.25) is 0 Å². The third-order valence-electron chi connectivity index (χ3n) is 1.76. The smallest absolute Gasteiger partial charge is 0.322 e. The molecule has 0 heterocycles. The van der Waals surface area contributed by atoms with Crippen LogP contribution in [0.4, 0.5) is 0 Å². The number of hydrogen-bond donors (Lipinski definition) is 1. The Kier molecular flexibility index (Phi) is 6.08. The summed E-state index contributed by atoms with van der Waals surface area (Å²) in [6.45, 7) is 8.38. The molecule has 1 N–H and O–H groups in total. The first-order valence-corrected chi connectivity index (χ1v) is 5.00. The topological polar surface area (TPSA) is 40.5 Å². The van der Waals surface area contributed by atoms with E-state index in [0.29, 0.717) is 12.5 Å². The molecule has 1 atom stereocenters. The Morgan fingerprint density at radius 1 is 1.46 bits per heavy atom. The molecule has 0 aliphatic rings. The van der Waals surface area contributed by atoms with E-state index in [1.807, 2.05) is 6.92 Å². The molecule has 0 aliphatic carbocycles. The zero-order valence-corrected chi connectivity index (χ0v) is 9.21. The van der Waals surface area contributed by atoms with Gasteiger partial charge < -0.3 is 10.0 Å². The van der Waals surface area contributed by atoms with Crippen LogP contribution in [-0.4, -0.2) is 41.0 Å². The third kappa shape index (κ3) is 5.88. The predicted octanol–water partition coefficient (Wildman–Crippen LogP) is 1.66. The van der Waals surface area contributed by atoms with E-state index < -0.39 is 11.3 Å². The summed E-state index contributed by atoms with van der Waals surface area (Å²) >= 11 is 5.63. The summed E-state index contributed by atoms with van der Waals surface area (Å²) < 4.78 is 0. The Morgan fingerprint density at radius 3 is 2.31 bits per heavy atom. The summed E-state index contributed by atoms with van der Waals surface area (Å²) in [5, 5.41) is 7.81. The van der Waals surface area contributed by atoms with Crippen molar-refractivity contribution in [1.29, 1.82) is 0 Å². The summed E-state index contributed by atoms with van der Waals surface area (Å²) in [5.74, 6) is -0.401. The van der Waals surface area contributed by atoms with Gasteiger partial charge in [0.25, 0.3) is 0 Å². The van der Waals surface area contributed by atoms with Crippen LogP contribution in [0.15, 0.2) is 0 Å². The fourth-order valence-corrected chi connectivity index (χ4v) is 1.35. The van der Waals surface area contributed by atoms with Gasteiger partial charge in [-0.2, -0.15) is 0 Å². The number of aliphatic carboxylic acids is 1. The van der Waals surface area contributed by atoms with Crippen molar-refractivity contribution in [3.63, 3.8) is 0 Å². The van der Waals surface area contributed by atoms with Crippen LogP contribution in [0, 0.1) is 5.92 Å². The van der Waals surface area contributed by atoms with Crippen molar-refractivity contribution in [2.24, 2.45) is 5.92 Å². The van der Waals surface area contributed by atoms with Gasteiger partial charge in [0.05, 0.1) is 0 Å². The summed E-state index contributed by atoms with van der Waals surface area (Å²) in [4.78, 5) is 12.5. The Labute approximate surface area is 84.7 Å². The second-order valence-corrected chi connectivity index (χ2v) is 4.08. The van der Waals surface area contributed by atoms with Crippen LogP contribution < -0.4 is 0 Å². The lowest BCUT2D eigenvalue weighted by molar-refractivity contribution is -0.137. The highest BCUT2D eigenvalue weighted by Gasteiger charge is 2.17. The second kappa shape index (κ2) is 6.22. The first kappa shape index (κ1) is 12.7. The highest BCUT2D eigenvalue weighted by atomic mass is 35.5. The van der Waals surface area contributed by atoms with Gasteiger partial charge in [0, 0.05) is 13.1 Å². The second-order valence-electron chi connectivity index (χ2n) is 3.55. The molecule has 0 aromatic heterocycles. The molecule has 13 heavy (non-hydrogen) atoms. The molecular weight excluding hydrogens is 190 g/mol. The molecule has 0 saturated heterocycles. The first-order valence-electron chi connectivity index (χ1n) is 4.56. The van der Waals surface area contributed by atoms with Gasteiger partial charge >= 0.3 is 5.97 Å². The summed E-state index contributed by atoms with van der Waals surface area (Å²) in [6, 6.07) is 0.